The number of rotatable bonds is 20. The Hall–Kier alpha value is -5.21. The van der Waals surface area contributed by atoms with E-state index in [2.05, 4.69) is 27.8 Å². The predicted molar refractivity (Wildman–Crippen MR) is 196 cm³/mol. The number of amidine groups is 1. The molecule has 286 valence electrons. The Morgan fingerprint density at radius 3 is 2.33 bits per heavy atom. The topological polar surface area (TPSA) is 239 Å². The number of benzene rings is 1. The number of ether oxygens (including phenoxy) is 2. The lowest BCUT2D eigenvalue weighted by Crippen LogP contribution is -2.56. The summed E-state index contributed by atoms with van der Waals surface area (Å²) in [6, 6.07) is 2.77. The van der Waals surface area contributed by atoms with E-state index in [-0.39, 0.29) is 24.6 Å². The van der Waals surface area contributed by atoms with Crippen LogP contribution < -0.4 is 31.7 Å². The molecular weight excluding hydrogens is 672 g/mol. The lowest BCUT2D eigenvalue weighted by Gasteiger charge is -2.28. The first-order valence-corrected chi connectivity index (χ1v) is 17.4. The molecular formula is C37H54N6O9. The van der Waals surface area contributed by atoms with Crippen LogP contribution in [-0.2, 0) is 28.7 Å². The minimum absolute atomic E-state index is 0.0143. The van der Waals surface area contributed by atoms with Crippen molar-refractivity contribution in [3.63, 3.8) is 0 Å². The normalized spacial score (nSPS) is 14.6. The van der Waals surface area contributed by atoms with Crippen LogP contribution in [0.2, 0.25) is 0 Å². The molecule has 1 aliphatic rings. The molecule has 15 nitrogen and oxygen atoms in total. The lowest BCUT2D eigenvalue weighted by molar-refractivity contribution is -0.138. The van der Waals surface area contributed by atoms with Gasteiger partial charge in [0.1, 0.15) is 29.2 Å². The van der Waals surface area contributed by atoms with Crippen molar-refractivity contribution in [1.82, 2.24) is 16.0 Å². The number of carbonyl (C=O) groups is 6. The highest BCUT2D eigenvalue weighted by molar-refractivity contribution is 5.97. The van der Waals surface area contributed by atoms with Crippen molar-refractivity contribution in [3.05, 3.63) is 42.2 Å². The highest BCUT2D eigenvalue weighted by Crippen LogP contribution is 2.35. The van der Waals surface area contributed by atoms with Crippen molar-refractivity contribution >= 4 is 52.7 Å². The number of anilines is 1. The number of alkyl carbamates (subject to hydrolysis) is 1. The van der Waals surface area contributed by atoms with Crippen LogP contribution in [0.25, 0.3) is 5.57 Å². The van der Waals surface area contributed by atoms with E-state index in [4.69, 9.17) is 20.6 Å². The third kappa shape index (κ3) is 15.0. The molecule has 0 bridgehead atoms. The molecule has 1 heterocycles. The molecule has 0 spiro atoms. The summed E-state index contributed by atoms with van der Waals surface area (Å²) in [4.78, 5) is 77.1. The average molecular weight is 727 g/mol. The van der Waals surface area contributed by atoms with Gasteiger partial charge in [-0.2, -0.15) is 0 Å². The third-order valence-corrected chi connectivity index (χ3v) is 8.29. The third-order valence-electron chi connectivity index (χ3n) is 8.29. The van der Waals surface area contributed by atoms with Crippen LogP contribution in [0.3, 0.4) is 0 Å². The molecule has 1 aromatic rings. The molecule has 4 atom stereocenters. The molecule has 52 heavy (non-hydrogen) atoms. The van der Waals surface area contributed by atoms with Crippen LogP contribution in [0.1, 0.15) is 98.5 Å². The van der Waals surface area contributed by atoms with Gasteiger partial charge >= 0.3 is 12.1 Å². The summed E-state index contributed by atoms with van der Waals surface area (Å²) in [7, 11) is 0. The zero-order valence-electron chi connectivity index (χ0n) is 31.0. The van der Waals surface area contributed by atoms with Crippen molar-refractivity contribution in [2.24, 2.45) is 17.6 Å². The van der Waals surface area contributed by atoms with E-state index >= 15 is 0 Å². The van der Waals surface area contributed by atoms with Crippen molar-refractivity contribution < 1.29 is 43.3 Å². The van der Waals surface area contributed by atoms with E-state index in [1.807, 2.05) is 19.9 Å². The Balaban J connectivity index is 2.14. The average Bonchev–Trinajstić information content (AvgIpc) is 3.03. The Bertz CT molecular complexity index is 1550. The standard InChI is InChI=1S/C37H54N6O9/c1-8-21(2)32(43-36(50)52-37(5,6)7)35(49)42-28(15-16-31(45)46)34(48)40-20-26(44)18-24(11-9-10-12-30(38)39)33(47)41-25-13-14-27-22(3)17-23(4)51-29(27)19-25/h13-14,17,19,21,24,28,32H,4,8-12,15-16,18,20H2,1-3,5-7H3,(H3,38,39)(H,40,48)(H,41,47)(H,42,49)(H,43,50)(H,45,46). The van der Waals surface area contributed by atoms with Gasteiger partial charge in [-0.05, 0) is 76.7 Å². The van der Waals surface area contributed by atoms with Gasteiger partial charge in [-0.15, -0.1) is 0 Å². The fourth-order valence-electron chi connectivity index (χ4n) is 5.37. The van der Waals surface area contributed by atoms with Crippen molar-refractivity contribution in [1.29, 1.82) is 5.41 Å². The second-order valence-electron chi connectivity index (χ2n) is 14.0. The first kappa shape index (κ1) is 43.0. The number of nitrogens with two attached hydrogens (primary N) is 1. The molecule has 0 fully saturated rings. The summed E-state index contributed by atoms with van der Waals surface area (Å²) in [6.07, 6.45) is 2.18. The van der Waals surface area contributed by atoms with Gasteiger partial charge in [0.15, 0.2) is 5.78 Å². The van der Waals surface area contributed by atoms with Gasteiger partial charge in [-0.3, -0.25) is 29.4 Å². The molecule has 0 aromatic heterocycles. The first-order chi connectivity index (χ1) is 24.3. The van der Waals surface area contributed by atoms with E-state index in [1.54, 1.807) is 45.9 Å². The van der Waals surface area contributed by atoms with Gasteiger partial charge in [0, 0.05) is 42.5 Å². The SMILES string of the molecule is C=C1C=C(C)c2ccc(NC(=O)C(CCCCC(=N)N)CC(=O)CNC(=O)C(CCC(=O)O)NC(=O)C(NC(=O)OC(C)(C)C)C(C)CC)cc2O1. The molecule has 0 aliphatic carbocycles. The van der Waals surface area contributed by atoms with Gasteiger partial charge in [0.2, 0.25) is 17.7 Å². The van der Waals surface area contributed by atoms with Crippen LogP contribution >= 0.6 is 0 Å². The maximum atomic E-state index is 13.5. The van der Waals surface area contributed by atoms with Crippen LogP contribution in [0.15, 0.2) is 36.6 Å². The maximum absolute atomic E-state index is 13.5. The molecule has 8 N–H and O–H groups in total. The second-order valence-corrected chi connectivity index (χ2v) is 14.0. The number of hydrogen-bond donors (Lipinski definition) is 7. The summed E-state index contributed by atoms with van der Waals surface area (Å²) in [5.74, 6) is -3.78. The zero-order valence-corrected chi connectivity index (χ0v) is 31.0. The summed E-state index contributed by atoms with van der Waals surface area (Å²) in [5.41, 5.74) is 6.91. The van der Waals surface area contributed by atoms with Gasteiger partial charge in [0.05, 0.1) is 12.4 Å². The molecule has 0 radical (unpaired) electrons. The molecule has 15 heteroatoms. The fraction of sp³-hybridized carbons (Fsp3) is 0.541. The number of carboxylic acid groups (broad SMARTS) is 1. The molecule has 2 rings (SSSR count). The number of allylic oxidation sites excluding steroid dienone is 2. The minimum Gasteiger partial charge on any atom is -0.481 e. The monoisotopic (exact) mass is 726 g/mol. The number of amides is 4. The van der Waals surface area contributed by atoms with Crippen molar-refractivity contribution in [2.45, 2.75) is 111 Å². The van der Waals surface area contributed by atoms with Gasteiger partial charge in [-0.1, -0.05) is 33.3 Å². The maximum Gasteiger partial charge on any atom is 0.408 e. The molecule has 0 saturated heterocycles. The summed E-state index contributed by atoms with van der Waals surface area (Å²) < 4.78 is 11.0. The van der Waals surface area contributed by atoms with Crippen LogP contribution in [-0.4, -0.2) is 70.7 Å². The summed E-state index contributed by atoms with van der Waals surface area (Å²) >= 11 is 0. The van der Waals surface area contributed by atoms with E-state index in [0.29, 0.717) is 49.3 Å². The quantitative estimate of drug-likeness (QED) is 0.0567. The van der Waals surface area contributed by atoms with Crippen LogP contribution in [0, 0.1) is 17.2 Å². The highest BCUT2D eigenvalue weighted by Gasteiger charge is 2.32. The number of Topliss-reactive ketones (excluding diaryl/α,β-unsaturated/α-hetero) is 1. The van der Waals surface area contributed by atoms with E-state index in [1.165, 1.54) is 0 Å². The molecule has 4 amide bonds. The number of ketones is 1. The number of unbranched alkanes of at least 4 members (excludes halogenated alkanes) is 1. The van der Waals surface area contributed by atoms with Gasteiger partial charge in [-0.25, -0.2) is 4.79 Å². The smallest absolute Gasteiger partial charge is 0.408 e. The van der Waals surface area contributed by atoms with Crippen molar-refractivity contribution in [3.8, 4) is 5.75 Å². The van der Waals surface area contributed by atoms with Crippen LogP contribution in [0.5, 0.6) is 5.75 Å². The largest absolute Gasteiger partial charge is 0.481 e. The zero-order chi connectivity index (χ0) is 39.2. The molecule has 1 aliphatic heterocycles. The predicted octanol–water partition coefficient (Wildman–Crippen LogP) is 4.41. The summed E-state index contributed by atoms with van der Waals surface area (Å²) in [6.45, 7) is 13.8. The lowest BCUT2D eigenvalue weighted by atomic mass is 9.94. The number of aliphatic carboxylic acids is 1. The van der Waals surface area contributed by atoms with Gasteiger partial charge < -0.3 is 41.6 Å². The molecule has 0 saturated carbocycles. The van der Waals surface area contributed by atoms with Crippen LogP contribution in [0.4, 0.5) is 10.5 Å². The number of hydrogen-bond acceptors (Lipinski definition) is 9. The number of carbonyl (C=O) groups excluding carboxylic acids is 5. The Morgan fingerprint density at radius 2 is 1.71 bits per heavy atom. The van der Waals surface area contributed by atoms with Gasteiger partial charge in [0.25, 0.3) is 0 Å². The molecule has 4 unspecified atom stereocenters. The molecule has 1 aromatic carbocycles. The number of fused-ring (bicyclic) bond motifs is 1. The summed E-state index contributed by atoms with van der Waals surface area (Å²) in [5, 5.41) is 27.1. The highest BCUT2D eigenvalue weighted by atomic mass is 16.6. The number of carboxylic acids is 1. The van der Waals surface area contributed by atoms with E-state index < -0.39 is 72.1 Å². The van der Waals surface area contributed by atoms with Crippen molar-refractivity contribution in [2.75, 3.05) is 11.9 Å². The Morgan fingerprint density at radius 1 is 1.02 bits per heavy atom. The van der Waals surface area contributed by atoms with E-state index in [0.717, 1.165) is 11.1 Å². The number of nitrogens with one attached hydrogen (secondary N) is 5. The minimum atomic E-state index is -1.34. The fourth-order valence-corrected chi connectivity index (χ4v) is 5.37. The Labute approximate surface area is 305 Å². The van der Waals surface area contributed by atoms with E-state index in [9.17, 15) is 33.9 Å². The second kappa shape index (κ2) is 20.0. The first-order valence-electron chi connectivity index (χ1n) is 17.4. The Kier molecular flexibility index (Phi) is 16.5.